The van der Waals surface area contributed by atoms with Gasteiger partial charge in [-0.3, -0.25) is 0 Å². The summed E-state index contributed by atoms with van der Waals surface area (Å²) >= 11 is 1.85. The van der Waals surface area contributed by atoms with Gasteiger partial charge in [-0.15, -0.1) is 11.3 Å². The largest absolute Gasteiger partial charge is 0.326 e. The van der Waals surface area contributed by atoms with Gasteiger partial charge in [-0.05, 0) is 50.5 Å². The van der Waals surface area contributed by atoms with Crippen molar-refractivity contribution in [1.29, 1.82) is 0 Å². The van der Waals surface area contributed by atoms with Crippen molar-refractivity contribution in [3.8, 4) is 0 Å². The summed E-state index contributed by atoms with van der Waals surface area (Å²) in [5.41, 5.74) is 7.39. The molecule has 1 unspecified atom stereocenters. The number of rotatable bonds is 5. The number of nitrogens with two attached hydrogens (primary N) is 1. The third kappa shape index (κ3) is 3.14. The maximum Gasteiger partial charge on any atom is 0.0349 e. The molecule has 1 saturated heterocycles. The molecule has 2 aromatic rings. The van der Waals surface area contributed by atoms with Gasteiger partial charge in [0.15, 0.2) is 0 Å². The fourth-order valence-electron chi connectivity index (χ4n) is 3.39. The Balaban J connectivity index is 1.77. The second-order valence-corrected chi connectivity index (χ2v) is 7.31. The van der Waals surface area contributed by atoms with E-state index in [9.17, 15) is 0 Å². The monoisotopic (exact) mass is 303 g/mol. The van der Waals surface area contributed by atoms with E-state index < -0.39 is 0 Å². The van der Waals surface area contributed by atoms with Gasteiger partial charge in [-0.2, -0.15) is 0 Å². The summed E-state index contributed by atoms with van der Waals surface area (Å²) < 4.78 is 1.36. The van der Waals surface area contributed by atoms with Gasteiger partial charge in [0.05, 0.1) is 0 Å². The third-order valence-electron chi connectivity index (χ3n) is 4.59. The molecule has 1 atom stereocenters. The van der Waals surface area contributed by atoms with Crippen LogP contribution in [0.1, 0.15) is 23.3 Å². The molecular formula is C17H25N3S. The lowest BCUT2D eigenvalue weighted by atomic mass is 10.1. The van der Waals surface area contributed by atoms with E-state index in [2.05, 4.69) is 48.2 Å². The number of thiophene rings is 1. The summed E-state index contributed by atoms with van der Waals surface area (Å²) in [4.78, 5) is 6.29. The zero-order chi connectivity index (χ0) is 14.8. The van der Waals surface area contributed by atoms with Crippen LogP contribution in [-0.2, 0) is 13.1 Å². The van der Waals surface area contributed by atoms with E-state index in [1.807, 2.05) is 11.3 Å². The fraction of sp³-hybridized carbons (Fsp3) is 0.529. The number of likely N-dealkylation sites (N-methyl/N-ethyl adjacent to an activating group) is 2. The van der Waals surface area contributed by atoms with Gasteiger partial charge in [-0.25, -0.2) is 0 Å². The van der Waals surface area contributed by atoms with Gasteiger partial charge >= 0.3 is 0 Å². The lowest BCUT2D eigenvalue weighted by molar-refractivity contribution is 0.216. The van der Waals surface area contributed by atoms with Crippen LogP contribution in [0, 0.1) is 0 Å². The van der Waals surface area contributed by atoms with Crippen molar-refractivity contribution in [2.75, 3.05) is 27.2 Å². The Morgan fingerprint density at radius 3 is 2.90 bits per heavy atom. The van der Waals surface area contributed by atoms with Crippen LogP contribution in [0.5, 0.6) is 0 Å². The van der Waals surface area contributed by atoms with Crippen LogP contribution in [0.15, 0.2) is 24.3 Å². The SMILES string of the molecule is CN(Cc1c(CN)sc2ccccc12)CC1CCCN1C. The highest BCUT2D eigenvalue weighted by Gasteiger charge is 2.22. The summed E-state index contributed by atoms with van der Waals surface area (Å²) in [6.07, 6.45) is 2.67. The van der Waals surface area contributed by atoms with E-state index in [0.29, 0.717) is 12.6 Å². The number of likely N-dealkylation sites (tertiary alicyclic amines) is 1. The Labute approximate surface area is 131 Å². The first kappa shape index (κ1) is 15.0. The maximum atomic E-state index is 5.96. The first-order chi connectivity index (χ1) is 10.2. The van der Waals surface area contributed by atoms with Gasteiger partial charge in [-0.1, -0.05) is 18.2 Å². The molecule has 0 spiro atoms. The van der Waals surface area contributed by atoms with Gasteiger partial charge in [0.25, 0.3) is 0 Å². The maximum absolute atomic E-state index is 5.96. The highest BCUT2D eigenvalue weighted by Crippen LogP contribution is 2.32. The van der Waals surface area contributed by atoms with Crippen molar-refractivity contribution in [2.45, 2.75) is 32.0 Å². The van der Waals surface area contributed by atoms with Gasteiger partial charge in [0, 0.05) is 35.3 Å². The molecule has 1 fully saturated rings. The van der Waals surface area contributed by atoms with E-state index in [0.717, 1.165) is 13.1 Å². The van der Waals surface area contributed by atoms with Crippen molar-refractivity contribution in [2.24, 2.45) is 5.73 Å². The second-order valence-electron chi connectivity index (χ2n) is 6.18. The van der Waals surface area contributed by atoms with Crippen molar-refractivity contribution in [3.05, 3.63) is 34.7 Å². The van der Waals surface area contributed by atoms with Gasteiger partial charge < -0.3 is 15.5 Å². The normalized spacial score (nSPS) is 19.9. The molecule has 1 aromatic heterocycles. The predicted molar refractivity (Wildman–Crippen MR) is 91.7 cm³/mol. The average Bonchev–Trinajstić information content (AvgIpc) is 3.04. The molecule has 1 aromatic carbocycles. The number of benzene rings is 1. The summed E-state index contributed by atoms with van der Waals surface area (Å²) in [6.45, 7) is 4.03. The Bertz CT molecular complexity index is 607. The lowest BCUT2D eigenvalue weighted by Crippen LogP contribution is -2.36. The van der Waals surface area contributed by atoms with Crippen molar-refractivity contribution < 1.29 is 0 Å². The van der Waals surface area contributed by atoms with Crippen molar-refractivity contribution in [3.63, 3.8) is 0 Å². The Morgan fingerprint density at radius 2 is 2.19 bits per heavy atom. The van der Waals surface area contributed by atoms with Crippen LogP contribution in [0.3, 0.4) is 0 Å². The molecule has 4 heteroatoms. The van der Waals surface area contributed by atoms with E-state index in [1.165, 1.54) is 39.9 Å². The molecule has 1 aliphatic heterocycles. The molecule has 0 radical (unpaired) electrons. The Kier molecular flexibility index (Phi) is 4.60. The Morgan fingerprint density at radius 1 is 1.38 bits per heavy atom. The fourth-order valence-corrected chi connectivity index (χ4v) is 4.49. The molecule has 0 saturated carbocycles. The molecule has 2 N–H and O–H groups in total. The molecule has 1 aliphatic rings. The number of hydrogen-bond donors (Lipinski definition) is 1. The average molecular weight is 303 g/mol. The lowest BCUT2D eigenvalue weighted by Gasteiger charge is -2.26. The van der Waals surface area contributed by atoms with Crippen LogP contribution >= 0.6 is 11.3 Å². The molecule has 0 bridgehead atoms. The summed E-state index contributed by atoms with van der Waals surface area (Å²) in [5.74, 6) is 0. The third-order valence-corrected chi connectivity index (χ3v) is 5.82. The highest BCUT2D eigenvalue weighted by molar-refractivity contribution is 7.19. The molecule has 21 heavy (non-hydrogen) atoms. The smallest absolute Gasteiger partial charge is 0.0349 e. The molecule has 0 aliphatic carbocycles. The first-order valence-corrected chi connectivity index (χ1v) is 8.59. The van der Waals surface area contributed by atoms with Crippen LogP contribution in [0.2, 0.25) is 0 Å². The van der Waals surface area contributed by atoms with E-state index in [4.69, 9.17) is 5.73 Å². The van der Waals surface area contributed by atoms with Gasteiger partial charge in [0.1, 0.15) is 0 Å². The van der Waals surface area contributed by atoms with Crippen molar-refractivity contribution >= 4 is 21.4 Å². The van der Waals surface area contributed by atoms with E-state index >= 15 is 0 Å². The molecular weight excluding hydrogens is 278 g/mol. The summed E-state index contributed by atoms with van der Waals surface area (Å²) in [5, 5.41) is 1.38. The van der Waals surface area contributed by atoms with Crippen LogP contribution in [0.4, 0.5) is 0 Å². The topological polar surface area (TPSA) is 32.5 Å². The summed E-state index contributed by atoms with van der Waals surface area (Å²) in [7, 11) is 4.48. The highest BCUT2D eigenvalue weighted by atomic mass is 32.1. The standard InChI is InChI=1S/C17H25N3S/c1-19(11-13-6-5-9-20(13)2)12-15-14-7-3-4-8-16(14)21-17(15)10-18/h3-4,7-8,13H,5-6,9-12,18H2,1-2H3. The van der Waals surface area contributed by atoms with E-state index in [-0.39, 0.29) is 0 Å². The van der Waals surface area contributed by atoms with Gasteiger partial charge in [0.2, 0.25) is 0 Å². The first-order valence-electron chi connectivity index (χ1n) is 7.77. The zero-order valence-electron chi connectivity index (χ0n) is 13.0. The van der Waals surface area contributed by atoms with Crippen molar-refractivity contribution in [1.82, 2.24) is 9.80 Å². The van der Waals surface area contributed by atoms with E-state index in [1.54, 1.807) is 0 Å². The second kappa shape index (κ2) is 6.44. The Hall–Kier alpha value is -0.940. The quantitative estimate of drug-likeness (QED) is 0.922. The number of hydrogen-bond acceptors (Lipinski definition) is 4. The molecule has 2 heterocycles. The minimum atomic E-state index is 0.645. The van der Waals surface area contributed by atoms with Crippen LogP contribution < -0.4 is 5.73 Å². The zero-order valence-corrected chi connectivity index (χ0v) is 13.8. The molecule has 3 rings (SSSR count). The number of fused-ring (bicyclic) bond motifs is 1. The number of nitrogens with zero attached hydrogens (tertiary/aromatic N) is 2. The minimum Gasteiger partial charge on any atom is -0.326 e. The molecule has 3 nitrogen and oxygen atoms in total. The molecule has 114 valence electrons. The van der Waals surface area contributed by atoms with Crippen LogP contribution in [0.25, 0.3) is 10.1 Å². The minimum absolute atomic E-state index is 0.645. The molecule has 0 amide bonds. The van der Waals surface area contributed by atoms with Crippen LogP contribution in [-0.4, -0.2) is 43.0 Å². The predicted octanol–water partition coefficient (Wildman–Crippen LogP) is 2.89. The summed E-state index contributed by atoms with van der Waals surface area (Å²) in [6, 6.07) is 9.38.